The molecule has 0 aromatic heterocycles. The Balaban J connectivity index is 1.85. The van der Waals surface area contributed by atoms with Crippen molar-refractivity contribution < 1.29 is 10.2 Å². The van der Waals surface area contributed by atoms with E-state index in [1.807, 2.05) is 0 Å². The van der Waals surface area contributed by atoms with Crippen molar-refractivity contribution in [1.29, 1.82) is 0 Å². The van der Waals surface area contributed by atoms with Gasteiger partial charge in [0, 0.05) is 19.0 Å². The van der Waals surface area contributed by atoms with Gasteiger partial charge in [0.1, 0.15) is 0 Å². The first-order valence-corrected chi connectivity index (χ1v) is 7.98. The lowest BCUT2D eigenvalue weighted by Gasteiger charge is -2.40. The molecule has 0 spiro atoms. The van der Waals surface area contributed by atoms with Gasteiger partial charge in [-0.3, -0.25) is 0 Å². The van der Waals surface area contributed by atoms with E-state index in [9.17, 15) is 10.2 Å². The topological polar surface area (TPSA) is 43.7 Å². The Bertz CT molecular complexity index is 276. The van der Waals surface area contributed by atoms with Crippen LogP contribution in [0.5, 0.6) is 0 Å². The number of rotatable bonds is 4. The Hall–Kier alpha value is -0.120. The van der Waals surface area contributed by atoms with E-state index in [2.05, 4.69) is 25.8 Å². The number of aliphatic hydroxyl groups excluding tert-OH is 1. The molecule has 3 nitrogen and oxygen atoms in total. The molecule has 19 heavy (non-hydrogen) atoms. The molecule has 0 bridgehead atoms. The Labute approximate surface area is 118 Å². The highest BCUT2D eigenvalue weighted by molar-refractivity contribution is 4.89. The van der Waals surface area contributed by atoms with E-state index < -0.39 is 5.60 Å². The zero-order chi connectivity index (χ0) is 14.0. The molecular weight excluding hydrogens is 238 g/mol. The van der Waals surface area contributed by atoms with Crippen LogP contribution in [0.2, 0.25) is 0 Å². The lowest BCUT2D eigenvalue weighted by molar-refractivity contribution is -0.0235. The first-order chi connectivity index (χ1) is 8.89. The predicted molar refractivity (Wildman–Crippen MR) is 78.0 cm³/mol. The number of hydrogen-bond acceptors (Lipinski definition) is 3. The van der Waals surface area contributed by atoms with Crippen molar-refractivity contribution in [2.45, 2.75) is 64.1 Å². The summed E-state index contributed by atoms with van der Waals surface area (Å²) in [5.41, 5.74) is -0.467. The van der Waals surface area contributed by atoms with Gasteiger partial charge in [0.05, 0.1) is 11.7 Å². The molecule has 0 aromatic carbocycles. The molecule has 0 amide bonds. The average molecular weight is 269 g/mol. The van der Waals surface area contributed by atoms with E-state index in [1.165, 1.54) is 6.42 Å². The van der Waals surface area contributed by atoms with Gasteiger partial charge >= 0.3 is 0 Å². The summed E-state index contributed by atoms with van der Waals surface area (Å²) < 4.78 is 0. The van der Waals surface area contributed by atoms with Gasteiger partial charge < -0.3 is 15.1 Å². The van der Waals surface area contributed by atoms with Gasteiger partial charge in [-0.25, -0.2) is 0 Å². The summed E-state index contributed by atoms with van der Waals surface area (Å²) in [4.78, 5) is 2.24. The summed E-state index contributed by atoms with van der Waals surface area (Å²) in [6, 6.07) is 0. The second-order valence-corrected chi connectivity index (χ2v) is 7.41. The third-order valence-corrected chi connectivity index (χ3v) is 5.26. The van der Waals surface area contributed by atoms with Gasteiger partial charge in [0.2, 0.25) is 0 Å². The molecule has 4 atom stereocenters. The quantitative estimate of drug-likeness (QED) is 0.823. The van der Waals surface area contributed by atoms with Crippen molar-refractivity contribution in [2.24, 2.45) is 17.8 Å². The van der Waals surface area contributed by atoms with Crippen LogP contribution in [-0.4, -0.2) is 47.0 Å². The third kappa shape index (κ3) is 3.93. The van der Waals surface area contributed by atoms with Gasteiger partial charge in [0.25, 0.3) is 0 Å². The normalized spacial score (nSPS) is 38.8. The highest BCUT2D eigenvalue weighted by atomic mass is 16.3. The minimum atomic E-state index is -0.467. The van der Waals surface area contributed by atoms with Gasteiger partial charge in [0.15, 0.2) is 0 Å². The first-order valence-electron chi connectivity index (χ1n) is 7.98. The lowest BCUT2D eigenvalue weighted by atomic mass is 9.73. The van der Waals surface area contributed by atoms with Crippen LogP contribution in [0.3, 0.4) is 0 Å². The van der Waals surface area contributed by atoms with E-state index >= 15 is 0 Å². The maximum Gasteiger partial charge on any atom is 0.0774 e. The third-order valence-electron chi connectivity index (χ3n) is 5.26. The highest BCUT2D eigenvalue weighted by Crippen LogP contribution is 2.35. The van der Waals surface area contributed by atoms with Gasteiger partial charge in [-0.1, -0.05) is 26.7 Å². The number of hydrogen-bond donors (Lipinski definition) is 2. The molecule has 2 aliphatic carbocycles. The van der Waals surface area contributed by atoms with Crippen molar-refractivity contribution in [2.75, 3.05) is 20.1 Å². The maximum absolute atomic E-state index is 10.5. The summed E-state index contributed by atoms with van der Waals surface area (Å²) in [5, 5.41) is 20.8. The largest absolute Gasteiger partial charge is 0.393 e. The second kappa shape index (κ2) is 6.11. The van der Waals surface area contributed by atoms with Crippen LogP contribution in [0.4, 0.5) is 0 Å². The average Bonchev–Trinajstić information content (AvgIpc) is 2.70. The summed E-state index contributed by atoms with van der Waals surface area (Å²) in [6.07, 6.45) is 6.19. The standard InChI is InChI=1S/C16H31NO2/c1-12-8-13(2)14(15(18)9-12)10-17(3)11-16(19)6-4-5-7-16/h12-15,18-19H,4-11H2,1-3H3. The molecule has 4 unspecified atom stereocenters. The van der Waals surface area contributed by atoms with Crippen molar-refractivity contribution in [3.8, 4) is 0 Å². The molecule has 0 saturated heterocycles. The Morgan fingerprint density at radius 1 is 1.16 bits per heavy atom. The highest BCUT2D eigenvalue weighted by Gasteiger charge is 2.36. The monoisotopic (exact) mass is 269 g/mol. The Morgan fingerprint density at radius 3 is 2.37 bits per heavy atom. The summed E-state index contributed by atoms with van der Waals surface area (Å²) in [5.74, 6) is 1.59. The van der Waals surface area contributed by atoms with Gasteiger partial charge in [-0.2, -0.15) is 0 Å². The molecule has 0 aliphatic heterocycles. The van der Waals surface area contributed by atoms with Crippen LogP contribution in [0, 0.1) is 17.8 Å². The number of nitrogens with zero attached hydrogens (tertiary/aromatic N) is 1. The minimum absolute atomic E-state index is 0.167. The van der Waals surface area contributed by atoms with Crippen LogP contribution in [0.1, 0.15) is 52.4 Å². The number of aliphatic hydroxyl groups is 2. The molecule has 112 valence electrons. The molecule has 2 N–H and O–H groups in total. The van der Waals surface area contributed by atoms with E-state index in [0.717, 1.165) is 45.2 Å². The minimum Gasteiger partial charge on any atom is -0.393 e. The Morgan fingerprint density at radius 2 is 1.79 bits per heavy atom. The van der Waals surface area contributed by atoms with Crippen LogP contribution < -0.4 is 0 Å². The summed E-state index contributed by atoms with van der Waals surface area (Å²) >= 11 is 0. The molecule has 2 saturated carbocycles. The molecule has 3 heteroatoms. The summed E-state index contributed by atoms with van der Waals surface area (Å²) in [6.45, 7) is 6.18. The smallest absolute Gasteiger partial charge is 0.0774 e. The van der Waals surface area contributed by atoms with Crippen molar-refractivity contribution in [3.05, 3.63) is 0 Å². The molecule has 2 rings (SSSR count). The van der Waals surface area contributed by atoms with Crippen LogP contribution in [0.25, 0.3) is 0 Å². The van der Waals surface area contributed by atoms with Crippen molar-refractivity contribution >= 4 is 0 Å². The molecule has 0 aromatic rings. The molecule has 0 heterocycles. The molecule has 2 aliphatic rings. The van der Waals surface area contributed by atoms with Crippen LogP contribution >= 0.6 is 0 Å². The van der Waals surface area contributed by atoms with Crippen molar-refractivity contribution in [1.82, 2.24) is 4.90 Å². The summed E-state index contributed by atoms with van der Waals surface area (Å²) in [7, 11) is 2.09. The van der Waals surface area contributed by atoms with E-state index in [-0.39, 0.29) is 6.10 Å². The molecular formula is C16H31NO2. The predicted octanol–water partition coefficient (Wildman–Crippen LogP) is 2.27. The second-order valence-electron chi connectivity index (χ2n) is 7.41. The van der Waals surface area contributed by atoms with E-state index in [1.54, 1.807) is 0 Å². The fraction of sp³-hybridized carbons (Fsp3) is 1.00. The zero-order valence-corrected chi connectivity index (χ0v) is 12.8. The van der Waals surface area contributed by atoms with Gasteiger partial charge in [-0.15, -0.1) is 0 Å². The van der Waals surface area contributed by atoms with Gasteiger partial charge in [-0.05, 0) is 44.6 Å². The number of likely N-dealkylation sites (N-methyl/N-ethyl adjacent to an activating group) is 1. The molecule has 0 radical (unpaired) electrons. The fourth-order valence-electron chi connectivity index (χ4n) is 4.29. The zero-order valence-electron chi connectivity index (χ0n) is 12.8. The Kier molecular flexibility index (Phi) is 4.91. The lowest BCUT2D eigenvalue weighted by Crippen LogP contribution is -2.46. The van der Waals surface area contributed by atoms with Crippen LogP contribution in [0.15, 0.2) is 0 Å². The fourth-order valence-corrected chi connectivity index (χ4v) is 4.29. The van der Waals surface area contributed by atoms with Crippen LogP contribution in [-0.2, 0) is 0 Å². The van der Waals surface area contributed by atoms with E-state index in [4.69, 9.17) is 0 Å². The molecule has 2 fully saturated rings. The SMILES string of the molecule is CC1CC(C)C(CN(C)CC2(O)CCCC2)C(O)C1. The van der Waals surface area contributed by atoms with Crippen molar-refractivity contribution in [3.63, 3.8) is 0 Å². The first kappa shape index (κ1) is 15.3. The maximum atomic E-state index is 10.5. The van der Waals surface area contributed by atoms with E-state index in [0.29, 0.717) is 17.8 Å².